The minimum atomic E-state index is 0.366. The number of nitrogens with zero attached hydrogens (tertiary/aromatic N) is 2. The molecule has 2 bridgehead atoms. The lowest BCUT2D eigenvalue weighted by molar-refractivity contribution is 0.00311. The van der Waals surface area contributed by atoms with Crippen molar-refractivity contribution in [3.8, 4) is 0 Å². The van der Waals surface area contributed by atoms with Crippen LogP contribution in [-0.2, 0) is 6.54 Å². The van der Waals surface area contributed by atoms with Crippen molar-refractivity contribution in [2.24, 2.45) is 5.92 Å². The van der Waals surface area contributed by atoms with E-state index in [0.717, 1.165) is 6.54 Å². The van der Waals surface area contributed by atoms with Gasteiger partial charge in [-0.3, -0.25) is 4.90 Å². The Morgan fingerprint density at radius 1 is 0.724 bits per heavy atom. The van der Waals surface area contributed by atoms with E-state index < -0.39 is 0 Å². The lowest BCUT2D eigenvalue weighted by atomic mass is 9.70. The summed E-state index contributed by atoms with van der Waals surface area (Å²) in [6.07, 6.45) is 2.57. The van der Waals surface area contributed by atoms with E-state index in [1.807, 2.05) is 0 Å². The van der Waals surface area contributed by atoms with Crippen molar-refractivity contribution in [3.63, 3.8) is 0 Å². The monoisotopic (exact) mass is 381 g/mol. The summed E-state index contributed by atoms with van der Waals surface area (Å²) in [5.41, 5.74) is 4.14. The van der Waals surface area contributed by atoms with Gasteiger partial charge in [0.15, 0.2) is 0 Å². The van der Waals surface area contributed by atoms with Crippen LogP contribution in [0, 0.1) is 5.92 Å². The number of piperidine rings is 3. The molecule has 3 fully saturated rings. The Kier molecular flexibility index (Phi) is 5.47. The second kappa shape index (κ2) is 8.52. The molecule has 0 amide bonds. The van der Waals surface area contributed by atoms with Crippen LogP contribution in [0.2, 0.25) is 0 Å². The van der Waals surface area contributed by atoms with Gasteiger partial charge < -0.3 is 0 Å². The summed E-state index contributed by atoms with van der Waals surface area (Å²) in [6, 6.07) is 33.7. The van der Waals surface area contributed by atoms with E-state index in [2.05, 4.69) is 95.9 Å². The molecule has 29 heavy (non-hydrogen) atoms. The summed E-state index contributed by atoms with van der Waals surface area (Å²) in [5.74, 6) is 1.08. The third-order valence-corrected chi connectivity index (χ3v) is 6.82. The molecule has 0 N–H and O–H groups in total. The molecule has 2 atom stereocenters. The molecule has 0 saturated carbocycles. The lowest BCUT2D eigenvalue weighted by Gasteiger charge is -2.53. The van der Waals surface area contributed by atoms with Crippen LogP contribution < -0.4 is 5.32 Å². The average Bonchev–Trinajstić information content (AvgIpc) is 2.81. The summed E-state index contributed by atoms with van der Waals surface area (Å²) in [6.45, 7) is 3.24. The van der Waals surface area contributed by atoms with Crippen molar-refractivity contribution in [1.82, 2.24) is 10.2 Å². The molecule has 2 nitrogen and oxygen atoms in total. The molecule has 3 saturated heterocycles. The summed E-state index contributed by atoms with van der Waals surface area (Å²) in [5, 5.41) is 5.35. The molecule has 6 rings (SSSR count). The Balaban J connectivity index is 1.50. The van der Waals surface area contributed by atoms with Gasteiger partial charge in [-0.1, -0.05) is 91.0 Å². The van der Waals surface area contributed by atoms with E-state index in [1.165, 1.54) is 42.6 Å². The van der Waals surface area contributed by atoms with Crippen LogP contribution >= 0.6 is 0 Å². The van der Waals surface area contributed by atoms with Crippen molar-refractivity contribution in [1.29, 1.82) is 0 Å². The Hall–Kier alpha value is -2.42. The zero-order valence-electron chi connectivity index (χ0n) is 16.9. The first kappa shape index (κ1) is 18.6. The van der Waals surface area contributed by atoms with Gasteiger partial charge >= 0.3 is 0 Å². The third-order valence-electron chi connectivity index (χ3n) is 6.82. The minimum absolute atomic E-state index is 0.366. The van der Waals surface area contributed by atoms with E-state index in [-0.39, 0.29) is 0 Å². The number of hydrogen-bond donors (Lipinski definition) is 0. The number of fused-ring (bicyclic) bond motifs is 3. The topological polar surface area (TPSA) is 17.3 Å². The first-order chi connectivity index (χ1) is 14.4. The van der Waals surface area contributed by atoms with Gasteiger partial charge in [0.2, 0.25) is 0 Å². The molecule has 3 aliphatic rings. The molecule has 3 aromatic rings. The van der Waals surface area contributed by atoms with E-state index in [0.29, 0.717) is 23.9 Å². The third kappa shape index (κ3) is 3.88. The second-order valence-corrected chi connectivity index (χ2v) is 8.48. The van der Waals surface area contributed by atoms with Crippen LogP contribution in [0.1, 0.15) is 35.4 Å². The zero-order valence-corrected chi connectivity index (χ0v) is 16.9. The molecule has 147 valence electrons. The smallest absolute Gasteiger partial charge is 0.0443 e. The fourth-order valence-corrected chi connectivity index (χ4v) is 5.42. The largest absolute Gasteiger partial charge is 0.298 e. The number of benzene rings is 3. The molecule has 1 radical (unpaired) electrons. The van der Waals surface area contributed by atoms with Gasteiger partial charge in [0, 0.05) is 24.5 Å². The van der Waals surface area contributed by atoms with Gasteiger partial charge in [0.1, 0.15) is 0 Å². The average molecular weight is 382 g/mol. The highest BCUT2D eigenvalue weighted by Crippen LogP contribution is 2.42. The molecule has 2 unspecified atom stereocenters. The van der Waals surface area contributed by atoms with E-state index in [1.54, 1.807) is 0 Å². The highest BCUT2D eigenvalue weighted by Gasteiger charge is 2.46. The van der Waals surface area contributed by atoms with Crippen molar-refractivity contribution < 1.29 is 0 Å². The van der Waals surface area contributed by atoms with Gasteiger partial charge in [-0.25, -0.2) is 5.32 Å². The molecule has 2 heteroatoms. The van der Waals surface area contributed by atoms with Gasteiger partial charge in [-0.15, -0.1) is 0 Å². The van der Waals surface area contributed by atoms with Crippen molar-refractivity contribution >= 4 is 0 Å². The van der Waals surface area contributed by atoms with Crippen LogP contribution in [0.4, 0.5) is 0 Å². The molecule has 0 aromatic heterocycles. The first-order valence-electron chi connectivity index (χ1n) is 10.9. The first-order valence-corrected chi connectivity index (χ1v) is 10.9. The van der Waals surface area contributed by atoms with Crippen molar-refractivity contribution in [2.45, 2.75) is 37.4 Å². The SMILES string of the molecule is c1ccc(C[N]C2C3CCN(CC3)C2C(c2ccccc2)c2ccccc2)cc1. The highest BCUT2D eigenvalue weighted by molar-refractivity contribution is 5.36. The van der Waals surface area contributed by atoms with Crippen LogP contribution in [-0.4, -0.2) is 30.1 Å². The van der Waals surface area contributed by atoms with Crippen LogP contribution in [0.3, 0.4) is 0 Å². The normalized spacial score (nSPS) is 26.0. The number of rotatable bonds is 6. The zero-order chi connectivity index (χ0) is 19.5. The predicted molar refractivity (Wildman–Crippen MR) is 119 cm³/mol. The van der Waals surface area contributed by atoms with Gasteiger partial charge in [0.05, 0.1) is 0 Å². The summed E-state index contributed by atoms with van der Waals surface area (Å²) in [7, 11) is 0. The molecule has 0 aliphatic carbocycles. The fourth-order valence-electron chi connectivity index (χ4n) is 5.42. The number of hydrogen-bond acceptors (Lipinski definition) is 1. The Labute approximate surface area is 174 Å². The highest BCUT2D eigenvalue weighted by atomic mass is 15.2. The van der Waals surface area contributed by atoms with Gasteiger partial charge in [-0.2, -0.15) is 0 Å². The van der Waals surface area contributed by atoms with Gasteiger partial charge in [0.25, 0.3) is 0 Å². The predicted octanol–water partition coefficient (Wildman–Crippen LogP) is 5.09. The molecular formula is C27H29N2. The van der Waals surface area contributed by atoms with Crippen molar-refractivity contribution in [3.05, 3.63) is 108 Å². The Morgan fingerprint density at radius 2 is 1.24 bits per heavy atom. The van der Waals surface area contributed by atoms with E-state index >= 15 is 0 Å². The van der Waals surface area contributed by atoms with Gasteiger partial charge in [-0.05, 0) is 48.5 Å². The van der Waals surface area contributed by atoms with Crippen LogP contribution in [0.5, 0.6) is 0 Å². The van der Waals surface area contributed by atoms with E-state index in [9.17, 15) is 0 Å². The lowest BCUT2D eigenvalue weighted by Crippen LogP contribution is -2.62. The maximum Gasteiger partial charge on any atom is 0.0443 e. The maximum absolute atomic E-state index is 5.35. The summed E-state index contributed by atoms with van der Waals surface area (Å²) < 4.78 is 0. The molecule has 3 heterocycles. The molecule has 3 aromatic carbocycles. The van der Waals surface area contributed by atoms with Crippen molar-refractivity contribution in [2.75, 3.05) is 13.1 Å². The fraction of sp³-hybridized carbons (Fsp3) is 0.333. The minimum Gasteiger partial charge on any atom is -0.298 e. The summed E-state index contributed by atoms with van der Waals surface area (Å²) in [4.78, 5) is 2.73. The molecule has 0 spiro atoms. The maximum atomic E-state index is 5.35. The Bertz CT molecular complexity index is 846. The summed E-state index contributed by atoms with van der Waals surface area (Å²) >= 11 is 0. The quantitative estimate of drug-likeness (QED) is 0.582. The van der Waals surface area contributed by atoms with E-state index in [4.69, 9.17) is 5.32 Å². The standard InChI is InChI=1S/C27H29N2/c1-4-10-21(11-5-1)20-28-26-24-16-18-29(19-17-24)27(26)25(22-12-6-2-7-13-22)23-14-8-3-9-15-23/h1-15,24-27H,16-20H2. The van der Waals surface area contributed by atoms with Crippen LogP contribution in [0.15, 0.2) is 91.0 Å². The second-order valence-electron chi connectivity index (χ2n) is 8.48. The molecular weight excluding hydrogens is 352 g/mol. The van der Waals surface area contributed by atoms with Crippen LogP contribution in [0.25, 0.3) is 0 Å². The Morgan fingerprint density at radius 3 is 1.79 bits per heavy atom. The molecule has 3 aliphatic heterocycles.